The normalized spacial score (nSPS) is 24.5. The largest absolute Gasteiger partial charge is 0.345 e. The highest BCUT2D eigenvalue weighted by atomic mass is 16.2. The van der Waals surface area contributed by atoms with Crippen LogP contribution in [0.1, 0.15) is 12.8 Å². The number of carbonyl (C=O) groups is 1. The number of rotatable bonds is 5. The van der Waals surface area contributed by atoms with Crippen LogP contribution in [0.2, 0.25) is 0 Å². The van der Waals surface area contributed by atoms with E-state index in [1.807, 2.05) is 26.2 Å². The molecule has 1 rings (SSSR count). The SMILES string of the molecule is CNCCCN(C)C(=O)C1C=CC(N)C1. The van der Waals surface area contributed by atoms with Crippen molar-refractivity contribution in [3.8, 4) is 0 Å². The summed E-state index contributed by atoms with van der Waals surface area (Å²) in [6.07, 6.45) is 5.60. The highest BCUT2D eigenvalue weighted by molar-refractivity contribution is 5.81. The third kappa shape index (κ3) is 3.64. The molecule has 2 unspecified atom stereocenters. The highest BCUT2D eigenvalue weighted by Gasteiger charge is 2.24. The van der Waals surface area contributed by atoms with Crippen molar-refractivity contribution < 1.29 is 4.79 Å². The summed E-state index contributed by atoms with van der Waals surface area (Å²) in [7, 11) is 3.77. The smallest absolute Gasteiger partial charge is 0.229 e. The summed E-state index contributed by atoms with van der Waals surface area (Å²) in [5, 5.41) is 3.07. The second-order valence-corrected chi connectivity index (χ2v) is 4.11. The Balaban J connectivity index is 2.30. The molecule has 0 aromatic heterocycles. The van der Waals surface area contributed by atoms with Crippen LogP contribution in [0, 0.1) is 5.92 Å². The fourth-order valence-electron chi connectivity index (χ4n) is 1.80. The Labute approximate surface area is 91.5 Å². The predicted molar refractivity (Wildman–Crippen MR) is 61.4 cm³/mol. The topological polar surface area (TPSA) is 58.4 Å². The number of hydrogen-bond donors (Lipinski definition) is 2. The molecule has 1 amide bonds. The summed E-state index contributed by atoms with van der Waals surface area (Å²) >= 11 is 0. The Kier molecular flexibility index (Phi) is 4.78. The van der Waals surface area contributed by atoms with Gasteiger partial charge in [-0.15, -0.1) is 0 Å². The summed E-state index contributed by atoms with van der Waals surface area (Å²) in [4.78, 5) is 13.7. The van der Waals surface area contributed by atoms with E-state index >= 15 is 0 Å². The average Bonchev–Trinajstić information content (AvgIpc) is 2.64. The molecule has 0 radical (unpaired) electrons. The number of carbonyl (C=O) groups excluding carboxylic acids is 1. The van der Waals surface area contributed by atoms with E-state index < -0.39 is 0 Å². The van der Waals surface area contributed by atoms with Crippen molar-refractivity contribution in [2.75, 3.05) is 27.2 Å². The molecule has 1 aliphatic rings. The standard InChI is InChI=1S/C11H21N3O/c1-13-6-3-7-14(2)11(15)9-4-5-10(12)8-9/h4-5,9-10,13H,3,6-8,12H2,1-2H3. The molecule has 0 heterocycles. The first-order valence-electron chi connectivity index (χ1n) is 5.48. The van der Waals surface area contributed by atoms with Crippen LogP contribution in [-0.4, -0.2) is 44.0 Å². The van der Waals surface area contributed by atoms with Crippen molar-refractivity contribution in [1.29, 1.82) is 0 Å². The van der Waals surface area contributed by atoms with Crippen LogP contribution < -0.4 is 11.1 Å². The lowest BCUT2D eigenvalue weighted by molar-refractivity contribution is -0.132. The zero-order valence-corrected chi connectivity index (χ0v) is 9.57. The minimum Gasteiger partial charge on any atom is -0.345 e. The Morgan fingerprint density at radius 1 is 1.60 bits per heavy atom. The third-order valence-electron chi connectivity index (χ3n) is 2.73. The average molecular weight is 211 g/mol. The highest BCUT2D eigenvalue weighted by Crippen LogP contribution is 2.18. The lowest BCUT2D eigenvalue weighted by Gasteiger charge is -2.20. The van der Waals surface area contributed by atoms with E-state index in [0.717, 1.165) is 25.9 Å². The van der Waals surface area contributed by atoms with Gasteiger partial charge in [0.1, 0.15) is 0 Å². The lowest BCUT2D eigenvalue weighted by atomic mass is 10.1. The van der Waals surface area contributed by atoms with Crippen molar-refractivity contribution >= 4 is 5.91 Å². The molecule has 4 heteroatoms. The van der Waals surface area contributed by atoms with E-state index in [-0.39, 0.29) is 17.9 Å². The van der Waals surface area contributed by atoms with Crippen LogP contribution in [0.5, 0.6) is 0 Å². The first-order valence-corrected chi connectivity index (χ1v) is 5.48. The van der Waals surface area contributed by atoms with Crippen molar-refractivity contribution in [2.45, 2.75) is 18.9 Å². The summed E-state index contributed by atoms with van der Waals surface area (Å²) < 4.78 is 0. The van der Waals surface area contributed by atoms with Gasteiger partial charge in [-0.25, -0.2) is 0 Å². The van der Waals surface area contributed by atoms with Gasteiger partial charge in [0.2, 0.25) is 5.91 Å². The molecular formula is C11H21N3O. The first kappa shape index (κ1) is 12.2. The molecule has 0 saturated heterocycles. The van der Waals surface area contributed by atoms with Crippen molar-refractivity contribution in [2.24, 2.45) is 11.7 Å². The predicted octanol–water partition coefficient (Wildman–Crippen LogP) is -0.0423. The van der Waals surface area contributed by atoms with Crippen molar-refractivity contribution in [3.63, 3.8) is 0 Å². The van der Waals surface area contributed by atoms with Crippen molar-refractivity contribution in [1.82, 2.24) is 10.2 Å². The third-order valence-corrected chi connectivity index (χ3v) is 2.73. The molecule has 4 nitrogen and oxygen atoms in total. The summed E-state index contributed by atoms with van der Waals surface area (Å²) in [6, 6.07) is 0.0599. The molecule has 0 bridgehead atoms. The molecule has 86 valence electrons. The molecule has 2 atom stereocenters. The van der Waals surface area contributed by atoms with Gasteiger partial charge in [-0.3, -0.25) is 4.79 Å². The van der Waals surface area contributed by atoms with E-state index in [1.165, 1.54) is 0 Å². The van der Waals surface area contributed by atoms with E-state index in [1.54, 1.807) is 4.90 Å². The monoisotopic (exact) mass is 211 g/mol. The molecule has 15 heavy (non-hydrogen) atoms. The summed E-state index contributed by atoms with van der Waals surface area (Å²) in [5.74, 6) is 0.190. The quantitative estimate of drug-likeness (QED) is 0.495. The van der Waals surface area contributed by atoms with Gasteiger partial charge in [-0.1, -0.05) is 12.2 Å². The van der Waals surface area contributed by atoms with Crippen LogP contribution in [0.4, 0.5) is 0 Å². The van der Waals surface area contributed by atoms with Gasteiger partial charge in [0.15, 0.2) is 0 Å². The Hall–Kier alpha value is -0.870. The maximum Gasteiger partial charge on any atom is 0.229 e. The van der Waals surface area contributed by atoms with Crippen LogP contribution in [-0.2, 0) is 4.79 Å². The van der Waals surface area contributed by atoms with Gasteiger partial charge in [0.25, 0.3) is 0 Å². The first-order chi connectivity index (χ1) is 7.15. The lowest BCUT2D eigenvalue weighted by Crippen LogP contribution is -2.34. The fourth-order valence-corrected chi connectivity index (χ4v) is 1.80. The van der Waals surface area contributed by atoms with Gasteiger partial charge in [0.05, 0.1) is 5.92 Å². The van der Waals surface area contributed by atoms with Crippen LogP contribution in [0.3, 0.4) is 0 Å². The minimum absolute atomic E-state index is 0.000384. The Morgan fingerprint density at radius 3 is 2.87 bits per heavy atom. The number of nitrogens with one attached hydrogen (secondary N) is 1. The number of amides is 1. The zero-order chi connectivity index (χ0) is 11.3. The maximum atomic E-state index is 11.9. The molecule has 0 saturated carbocycles. The molecule has 3 N–H and O–H groups in total. The maximum absolute atomic E-state index is 11.9. The van der Waals surface area contributed by atoms with Gasteiger partial charge in [-0.2, -0.15) is 0 Å². The van der Waals surface area contributed by atoms with Gasteiger partial charge < -0.3 is 16.0 Å². The molecule has 1 aliphatic carbocycles. The van der Waals surface area contributed by atoms with Gasteiger partial charge in [0, 0.05) is 19.6 Å². The van der Waals surface area contributed by atoms with Crippen LogP contribution >= 0.6 is 0 Å². The Morgan fingerprint density at radius 2 is 2.33 bits per heavy atom. The van der Waals surface area contributed by atoms with Gasteiger partial charge >= 0.3 is 0 Å². The molecule has 0 aliphatic heterocycles. The number of nitrogens with two attached hydrogens (primary N) is 1. The molecular weight excluding hydrogens is 190 g/mol. The molecule has 0 aromatic rings. The van der Waals surface area contributed by atoms with Gasteiger partial charge in [-0.05, 0) is 26.4 Å². The second kappa shape index (κ2) is 5.88. The van der Waals surface area contributed by atoms with E-state index in [9.17, 15) is 4.79 Å². The Bertz CT molecular complexity index is 240. The number of nitrogens with zero attached hydrogens (tertiary/aromatic N) is 1. The molecule has 0 aromatic carbocycles. The van der Waals surface area contributed by atoms with E-state index in [4.69, 9.17) is 5.73 Å². The van der Waals surface area contributed by atoms with Crippen molar-refractivity contribution in [3.05, 3.63) is 12.2 Å². The summed E-state index contributed by atoms with van der Waals surface area (Å²) in [6.45, 7) is 1.75. The molecule has 0 fully saturated rings. The van der Waals surface area contributed by atoms with Crippen LogP contribution in [0.15, 0.2) is 12.2 Å². The van der Waals surface area contributed by atoms with E-state index in [0.29, 0.717) is 0 Å². The second-order valence-electron chi connectivity index (χ2n) is 4.11. The number of hydrogen-bond acceptors (Lipinski definition) is 3. The fraction of sp³-hybridized carbons (Fsp3) is 0.727. The minimum atomic E-state index is -0.000384. The zero-order valence-electron chi connectivity index (χ0n) is 9.57. The van der Waals surface area contributed by atoms with Crippen LogP contribution in [0.25, 0.3) is 0 Å². The summed E-state index contributed by atoms with van der Waals surface area (Å²) in [5.41, 5.74) is 5.72. The van der Waals surface area contributed by atoms with E-state index in [2.05, 4.69) is 5.32 Å². The molecule has 0 spiro atoms.